The number of aryl methyl sites for hydroxylation is 4. The van der Waals surface area contributed by atoms with E-state index in [0.29, 0.717) is 47.3 Å². The lowest BCUT2D eigenvalue weighted by atomic mass is 10.1. The van der Waals surface area contributed by atoms with Crippen LogP contribution >= 0.6 is 68.0 Å². The van der Waals surface area contributed by atoms with Crippen molar-refractivity contribution in [3.63, 3.8) is 0 Å². The molecule has 3 N–H and O–H groups in total. The van der Waals surface area contributed by atoms with Crippen molar-refractivity contribution in [1.29, 1.82) is 0 Å². The molecular weight excluding hydrogens is 1050 g/mol. The third-order valence-electron chi connectivity index (χ3n) is 9.27. The molecule has 12 nitrogen and oxygen atoms in total. The van der Waals surface area contributed by atoms with E-state index in [9.17, 15) is 23.2 Å². The van der Waals surface area contributed by atoms with E-state index < -0.39 is 5.97 Å². The Morgan fingerprint density at radius 1 is 0.562 bits per heavy atom. The van der Waals surface area contributed by atoms with Gasteiger partial charge in [0.05, 0.1) is 21.2 Å². The Morgan fingerprint density at radius 2 is 0.932 bits per heavy atom. The molecule has 0 bridgehead atoms. The number of hydrogen-bond acceptors (Lipinski definition) is 17. The van der Waals surface area contributed by atoms with Crippen molar-refractivity contribution in [2.45, 2.75) is 88.6 Å². The van der Waals surface area contributed by atoms with Crippen LogP contribution in [0.5, 0.6) is 0 Å². The maximum atomic E-state index is 13.0. The molecule has 8 aromatic rings. The average Bonchev–Trinajstić information content (AvgIpc) is 4.21. The number of aromatic nitrogens is 6. The van der Waals surface area contributed by atoms with Gasteiger partial charge in [-0.3, -0.25) is 4.79 Å². The van der Waals surface area contributed by atoms with Crippen molar-refractivity contribution in [2.24, 2.45) is 5.73 Å². The Kier molecular flexibility index (Phi) is 22.0. The number of carbonyl (C=O) groups is 3. The normalized spacial score (nSPS) is 10.4. The van der Waals surface area contributed by atoms with Crippen molar-refractivity contribution >= 4 is 104 Å². The number of carboxylic acids is 1. The van der Waals surface area contributed by atoms with Gasteiger partial charge in [-0.15, -0.1) is 68.0 Å². The molecule has 20 heteroatoms. The number of ketones is 1. The number of carbonyl (C=O) groups excluding carboxylic acids is 2. The molecule has 6 aromatic heterocycles. The Bertz CT molecular complexity index is 3220. The van der Waals surface area contributed by atoms with Crippen LogP contribution in [0.2, 0.25) is 0 Å². The Morgan fingerprint density at radius 3 is 1.29 bits per heavy atom. The fraction of sp³-hybridized carbons (Fsp3) is 0.264. The standard InChI is InChI=1S/C20H19FN2OS2.C14H16N2O2S2.C12H12N2O2S2.C7H8FN/c1-12(2)10-17-18(23-20(26-17)19-22-11-13(3)25-19)16(24)9-6-14-4-7-15(21)8-5-14;1-5-18-14(17)11-10(6-8(2)3)20-13(16-11)12-15-7-9(4)19-12;1-6(2)4-8-9(12(15)16)14-11(18-8)10-13-5-7(3)17-10;8-7-3-1-6(5-9)2-4-7/h4-5,7-8,10-11H,6,9H2,1-3H3;6-7H,5H2,1-4H3;4-5H,1-3H3,(H,15,16);1-4H,5,9H2. The minimum absolute atomic E-state index is 0.00222. The van der Waals surface area contributed by atoms with Gasteiger partial charge in [0.1, 0.15) is 17.3 Å². The molecule has 0 unspecified atom stereocenters. The average molecular weight is 1100 g/mol. The molecule has 0 saturated heterocycles. The van der Waals surface area contributed by atoms with Gasteiger partial charge in [-0.2, -0.15) is 0 Å². The lowest BCUT2D eigenvalue weighted by Crippen LogP contribution is -2.06. The smallest absolute Gasteiger partial charge is 0.358 e. The summed E-state index contributed by atoms with van der Waals surface area (Å²) in [7, 11) is 0. The fourth-order valence-electron chi connectivity index (χ4n) is 6.06. The summed E-state index contributed by atoms with van der Waals surface area (Å²) in [6.07, 6.45) is 12.1. The van der Waals surface area contributed by atoms with Gasteiger partial charge in [0.15, 0.2) is 47.2 Å². The minimum Gasteiger partial charge on any atom is -0.476 e. The van der Waals surface area contributed by atoms with E-state index in [1.54, 1.807) is 60.1 Å². The lowest BCUT2D eigenvalue weighted by molar-refractivity contribution is 0.0519. The molecule has 0 saturated carbocycles. The molecule has 0 aliphatic carbocycles. The number of nitrogens with zero attached hydrogens (tertiary/aromatic N) is 6. The van der Waals surface area contributed by atoms with E-state index in [1.807, 2.05) is 92.9 Å². The first kappa shape index (κ1) is 57.8. The van der Waals surface area contributed by atoms with Gasteiger partial charge in [-0.05, 0) is 129 Å². The van der Waals surface area contributed by atoms with Gasteiger partial charge in [0, 0.05) is 46.2 Å². The molecule has 0 radical (unpaired) electrons. The van der Waals surface area contributed by atoms with Gasteiger partial charge in [-0.1, -0.05) is 41.0 Å². The Balaban J connectivity index is 0.000000190. The van der Waals surface area contributed by atoms with Crippen molar-refractivity contribution in [2.75, 3.05) is 6.61 Å². The monoisotopic (exact) mass is 1100 g/mol. The summed E-state index contributed by atoms with van der Waals surface area (Å²) in [4.78, 5) is 67.7. The highest BCUT2D eigenvalue weighted by atomic mass is 32.1. The number of rotatable bonds is 14. The van der Waals surface area contributed by atoms with Gasteiger partial charge >= 0.3 is 11.9 Å². The molecule has 382 valence electrons. The number of allylic oxidation sites excluding steroid dienone is 3. The second kappa shape index (κ2) is 27.8. The summed E-state index contributed by atoms with van der Waals surface area (Å²) < 4.78 is 30.2. The first-order chi connectivity index (χ1) is 34.7. The molecule has 6 heterocycles. The molecule has 0 fully saturated rings. The topological polar surface area (TPSA) is 184 Å². The van der Waals surface area contributed by atoms with Gasteiger partial charge in [-0.25, -0.2) is 48.3 Å². The van der Waals surface area contributed by atoms with E-state index in [1.165, 1.54) is 69.6 Å². The van der Waals surface area contributed by atoms with Gasteiger partial charge in [0.25, 0.3) is 0 Å². The number of hydrogen-bond donors (Lipinski definition) is 2. The maximum absolute atomic E-state index is 13.0. The predicted octanol–water partition coefficient (Wildman–Crippen LogP) is 15.1. The van der Waals surface area contributed by atoms with Crippen LogP contribution in [0.4, 0.5) is 8.78 Å². The first-order valence-corrected chi connectivity index (χ1v) is 27.5. The number of Topliss-reactive ketones (excluding diaryl/α,β-unsaturated/α-hetero) is 1. The zero-order valence-electron chi connectivity index (χ0n) is 42.0. The third-order valence-corrected chi connectivity index (χ3v) is 15.4. The molecule has 8 rings (SSSR count). The van der Waals surface area contributed by atoms with Crippen LogP contribution in [0, 0.1) is 32.4 Å². The minimum atomic E-state index is -1.00. The predicted molar refractivity (Wildman–Crippen MR) is 298 cm³/mol. The van der Waals surface area contributed by atoms with Crippen molar-refractivity contribution in [3.8, 4) is 30.0 Å². The van der Waals surface area contributed by atoms with Crippen LogP contribution in [-0.2, 0) is 17.7 Å². The maximum Gasteiger partial charge on any atom is 0.358 e. The lowest BCUT2D eigenvalue weighted by Gasteiger charge is -2.01. The molecule has 73 heavy (non-hydrogen) atoms. The first-order valence-electron chi connectivity index (χ1n) is 22.6. The van der Waals surface area contributed by atoms with E-state index >= 15 is 0 Å². The zero-order valence-corrected chi connectivity index (χ0v) is 46.9. The quantitative estimate of drug-likeness (QED) is 0.0777. The van der Waals surface area contributed by atoms with E-state index in [4.69, 9.17) is 15.6 Å². The van der Waals surface area contributed by atoms with Crippen molar-refractivity contribution < 1.29 is 33.0 Å². The zero-order chi connectivity index (χ0) is 53.4. The number of benzene rings is 2. The second-order valence-corrected chi connectivity index (χ2v) is 23.4. The van der Waals surface area contributed by atoms with Crippen LogP contribution in [0.3, 0.4) is 0 Å². The van der Waals surface area contributed by atoms with Crippen LogP contribution in [0.15, 0.2) is 83.8 Å². The van der Waals surface area contributed by atoms with Gasteiger partial charge in [0.2, 0.25) is 0 Å². The Labute approximate surface area is 447 Å². The van der Waals surface area contributed by atoms with Crippen LogP contribution in [0.25, 0.3) is 48.3 Å². The fourth-order valence-corrected chi connectivity index (χ4v) is 11.8. The summed E-state index contributed by atoms with van der Waals surface area (Å²) in [6, 6.07) is 12.4. The van der Waals surface area contributed by atoms with E-state index in [0.717, 1.165) is 77.3 Å². The SMILES string of the molecule is CC(C)=Cc1sc(-c2ncc(C)s2)nc1C(=O)CCc1ccc(F)cc1.CC(C)=Cc1sc(-c2ncc(C)s2)nc1C(=O)O.CCOC(=O)c1nc(-c2ncc(C)s2)sc1C=C(C)C.NCc1ccc(F)cc1. The van der Waals surface area contributed by atoms with Crippen LogP contribution in [-0.4, -0.2) is 59.3 Å². The largest absolute Gasteiger partial charge is 0.476 e. The summed E-state index contributed by atoms with van der Waals surface area (Å²) in [5, 5.41) is 13.8. The second-order valence-electron chi connectivity index (χ2n) is 16.6. The molecular formula is C53H55F2N7O5S6. The Hall–Kier alpha value is -6.13. The molecule has 0 atom stereocenters. The van der Waals surface area contributed by atoms with E-state index in [-0.39, 0.29) is 29.1 Å². The third kappa shape index (κ3) is 17.8. The number of nitrogens with two attached hydrogens (primary N) is 1. The van der Waals surface area contributed by atoms with Gasteiger partial charge < -0.3 is 15.6 Å². The molecule has 0 spiro atoms. The molecule has 2 aromatic carbocycles. The molecule has 0 aliphatic rings. The summed E-state index contributed by atoms with van der Waals surface area (Å²) >= 11 is 8.99. The number of esters is 1. The molecule has 0 aliphatic heterocycles. The number of carboxylic acid groups (broad SMARTS) is 1. The highest BCUT2D eigenvalue weighted by molar-refractivity contribution is 7.23. The van der Waals surface area contributed by atoms with Crippen molar-refractivity contribution in [3.05, 3.63) is 153 Å². The molecule has 0 amide bonds. The van der Waals surface area contributed by atoms with Crippen LogP contribution < -0.4 is 5.73 Å². The van der Waals surface area contributed by atoms with Crippen molar-refractivity contribution in [1.82, 2.24) is 29.9 Å². The summed E-state index contributed by atoms with van der Waals surface area (Å²) in [5.41, 5.74) is 11.4. The highest BCUT2D eigenvalue weighted by Gasteiger charge is 2.22. The van der Waals surface area contributed by atoms with E-state index in [2.05, 4.69) is 29.9 Å². The number of ether oxygens (including phenoxy) is 1. The summed E-state index contributed by atoms with van der Waals surface area (Å²) in [6.45, 7) is 20.4. The summed E-state index contributed by atoms with van der Waals surface area (Å²) in [5.74, 6) is -1.87. The van der Waals surface area contributed by atoms with Crippen LogP contribution in [0.1, 0.15) is 127 Å². The highest BCUT2D eigenvalue weighted by Crippen LogP contribution is 2.35. The number of halogens is 2. The number of thiazole rings is 6. The number of aromatic carboxylic acids is 1.